The highest BCUT2D eigenvalue weighted by Crippen LogP contribution is 2.39. The molecule has 0 aliphatic heterocycles. The van der Waals surface area contributed by atoms with Crippen LogP contribution in [-0.2, 0) is 0 Å². The van der Waals surface area contributed by atoms with Crippen molar-refractivity contribution in [1.82, 2.24) is 9.55 Å². The molecule has 0 saturated carbocycles. The van der Waals surface area contributed by atoms with Crippen molar-refractivity contribution in [3.63, 3.8) is 0 Å². The van der Waals surface area contributed by atoms with E-state index in [9.17, 15) is 0 Å². The summed E-state index contributed by atoms with van der Waals surface area (Å²) in [4.78, 5) is 7.15. The lowest BCUT2D eigenvalue weighted by Gasteiger charge is -2.13. The highest BCUT2D eigenvalue weighted by atomic mass is 32.1. The maximum absolute atomic E-state index is 5.60. The molecule has 5 rings (SSSR count). The van der Waals surface area contributed by atoms with Gasteiger partial charge in [-0.05, 0) is 48.5 Å². The number of hydrogen-bond donors (Lipinski definition) is 0. The molecule has 0 fully saturated rings. The second-order valence-electron chi connectivity index (χ2n) is 6.45. The molecule has 5 aromatic rings. The SMILES string of the molecule is COc1ccc(-n2cccc2-c2ccc(-c3nc4ccccc4s3)s2)c(OC)c1. The Morgan fingerprint density at radius 3 is 2.52 bits per heavy atom. The van der Waals surface area contributed by atoms with E-state index in [2.05, 4.69) is 53.2 Å². The average molecular weight is 419 g/mol. The van der Waals surface area contributed by atoms with Crippen molar-refractivity contribution in [3.05, 3.63) is 72.9 Å². The molecule has 0 aliphatic carbocycles. The van der Waals surface area contributed by atoms with E-state index >= 15 is 0 Å². The summed E-state index contributed by atoms with van der Waals surface area (Å²) in [7, 11) is 3.34. The fraction of sp³-hybridized carbons (Fsp3) is 0.0870. The fourth-order valence-corrected chi connectivity index (χ4v) is 5.39. The van der Waals surface area contributed by atoms with Gasteiger partial charge in [0.05, 0.1) is 45.6 Å². The molecular formula is C23H18N2O2S2. The van der Waals surface area contributed by atoms with E-state index < -0.39 is 0 Å². The Morgan fingerprint density at radius 1 is 0.828 bits per heavy atom. The third-order valence-electron chi connectivity index (χ3n) is 4.76. The zero-order valence-electron chi connectivity index (χ0n) is 16.0. The molecule has 144 valence electrons. The molecule has 0 spiro atoms. The van der Waals surface area contributed by atoms with Crippen LogP contribution in [0.2, 0.25) is 0 Å². The van der Waals surface area contributed by atoms with Crippen molar-refractivity contribution in [2.45, 2.75) is 0 Å². The predicted molar refractivity (Wildman–Crippen MR) is 121 cm³/mol. The molecule has 4 nitrogen and oxygen atoms in total. The minimum Gasteiger partial charge on any atom is -0.497 e. The zero-order chi connectivity index (χ0) is 19.8. The summed E-state index contributed by atoms with van der Waals surface area (Å²) in [6.07, 6.45) is 2.05. The van der Waals surface area contributed by atoms with E-state index in [1.807, 2.05) is 24.3 Å². The summed E-state index contributed by atoms with van der Waals surface area (Å²) in [6.45, 7) is 0. The Morgan fingerprint density at radius 2 is 1.69 bits per heavy atom. The van der Waals surface area contributed by atoms with Crippen LogP contribution in [0.15, 0.2) is 72.9 Å². The van der Waals surface area contributed by atoms with Crippen molar-refractivity contribution in [2.75, 3.05) is 14.2 Å². The van der Waals surface area contributed by atoms with Crippen molar-refractivity contribution in [1.29, 1.82) is 0 Å². The van der Waals surface area contributed by atoms with Crippen LogP contribution >= 0.6 is 22.7 Å². The summed E-state index contributed by atoms with van der Waals surface area (Å²) in [5.41, 5.74) is 3.14. The van der Waals surface area contributed by atoms with Gasteiger partial charge in [-0.2, -0.15) is 0 Å². The van der Waals surface area contributed by atoms with Crippen molar-refractivity contribution in [3.8, 4) is 37.6 Å². The van der Waals surface area contributed by atoms with Crippen LogP contribution in [0, 0.1) is 0 Å². The van der Waals surface area contributed by atoms with Crippen LogP contribution < -0.4 is 9.47 Å². The second-order valence-corrected chi connectivity index (χ2v) is 8.57. The largest absolute Gasteiger partial charge is 0.497 e. The molecule has 29 heavy (non-hydrogen) atoms. The van der Waals surface area contributed by atoms with Gasteiger partial charge in [0.25, 0.3) is 0 Å². The van der Waals surface area contributed by atoms with Crippen LogP contribution in [0.1, 0.15) is 0 Å². The molecule has 0 N–H and O–H groups in total. The second kappa shape index (κ2) is 7.39. The Hall–Kier alpha value is -3.09. The molecule has 6 heteroatoms. The molecule has 0 saturated heterocycles. The van der Waals surface area contributed by atoms with Gasteiger partial charge in [-0.1, -0.05) is 12.1 Å². The van der Waals surface area contributed by atoms with Crippen LogP contribution in [-0.4, -0.2) is 23.8 Å². The van der Waals surface area contributed by atoms with E-state index in [1.54, 1.807) is 36.9 Å². The normalized spacial score (nSPS) is 11.1. The molecule has 3 heterocycles. The molecule has 3 aromatic heterocycles. The minimum atomic E-state index is 0.768. The average Bonchev–Trinajstić information content (AvgIpc) is 3.51. The molecule has 0 unspecified atom stereocenters. The van der Waals surface area contributed by atoms with E-state index in [4.69, 9.17) is 14.5 Å². The van der Waals surface area contributed by atoms with Gasteiger partial charge in [0, 0.05) is 12.3 Å². The van der Waals surface area contributed by atoms with Crippen molar-refractivity contribution < 1.29 is 9.47 Å². The van der Waals surface area contributed by atoms with Crippen LogP contribution in [0.5, 0.6) is 11.5 Å². The van der Waals surface area contributed by atoms with E-state index in [-0.39, 0.29) is 0 Å². The van der Waals surface area contributed by atoms with Gasteiger partial charge >= 0.3 is 0 Å². The highest BCUT2D eigenvalue weighted by molar-refractivity contribution is 7.26. The number of para-hydroxylation sites is 1. The Bertz CT molecular complexity index is 1270. The number of hydrogen-bond acceptors (Lipinski definition) is 5. The van der Waals surface area contributed by atoms with Crippen LogP contribution in [0.4, 0.5) is 0 Å². The first-order valence-corrected chi connectivity index (χ1v) is 10.8. The molecule has 0 aliphatic rings. The number of methoxy groups -OCH3 is 2. The number of rotatable bonds is 5. The van der Waals surface area contributed by atoms with Gasteiger partial charge < -0.3 is 14.0 Å². The zero-order valence-corrected chi connectivity index (χ0v) is 17.6. The lowest BCUT2D eigenvalue weighted by molar-refractivity contribution is 0.393. The van der Waals surface area contributed by atoms with Gasteiger partial charge in [-0.25, -0.2) is 4.98 Å². The number of benzene rings is 2. The first-order valence-electron chi connectivity index (χ1n) is 9.13. The fourth-order valence-electron chi connectivity index (χ4n) is 3.34. The predicted octanol–water partition coefficient (Wildman–Crippen LogP) is 6.50. The molecule has 0 amide bonds. The van der Waals surface area contributed by atoms with Gasteiger partial charge in [-0.15, -0.1) is 22.7 Å². The Balaban J connectivity index is 1.55. The number of fused-ring (bicyclic) bond motifs is 1. The summed E-state index contributed by atoms with van der Waals surface area (Å²) < 4.78 is 14.3. The van der Waals surface area contributed by atoms with E-state index in [0.29, 0.717) is 0 Å². The molecule has 0 radical (unpaired) electrons. The van der Waals surface area contributed by atoms with E-state index in [1.165, 1.54) is 14.5 Å². The van der Waals surface area contributed by atoms with Gasteiger partial charge in [0.15, 0.2) is 0 Å². The Kier molecular flexibility index (Phi) is 4.58. The minimum absolute atomic E-state index is 0.768. The standard InChI is InChI=1S/C23H18N2O2S2/c1-26-15-9-10-17(19(14-15)27-2)25-13-5-7-18(25)21-11-12-22(28-21)23-24-16-6-3-4-8-20(16)29-23/h3-14H,1-2H3. The summed E-state index contributed by atoms with van der Waals surface area (Å²) in [6, 6.07) is 22.6. The smallest absolute Gasteiger partial charge is 0.146 e. The van der Waals surface area contributed by atoms with Crippen molar-refractivity contribution >= 4 is 32.9 Å². The number of nitrogens with zero attached hydrogens (tertiary/aromatic N) is 2. The molecular weight excluding hydrogens is 400 g/mol. The van der Waals surface area contributed by atoms with Crippen LogP contribution in [0.3, 0.4) is 0 Å². The van der Waals surface area contributed by atoms with Crippen molar-refractivity contribution in [2.24, 2.45) is 0 Å². The molecule has 2 aromatic carbocycles. The van der Waals surface area contributed by atoms with Gasteiger partial charge in [-0.3, -0.25) is 0 Å². The van der Waals surface area contributed by atoms with Crippen LogP contribution in [0.25, 0.3) is 36.4 Å². The maximum atomic E-state index is 5.60. The summed E-state index contributed by atoms with van der Waals surface area (Å²) in [5, 5.41) is 1.06. The number of thiazole rings is 1. The third-order valence-corrected chi connectivity index (χ3v) is 7.07. The maximum Gasteiger partial charge on any atom is 0.146 e. The van der Waals surface area contributed by atoms with Gasteiger partial charge in [0.2, 0.25) is 0 Å². The lowest BCUT2D eigenvalue weighted by Crippen LogP contribution is -1.98. The Labute approximate surface area is 176 Å². The summed E-state index contributed by atoms with van der Waals surface area (Å²) >= 11 is 3.48. The summed E-state index contributed by atoms with van der Waals surface area (Å²) in [5.74, 6) is 1.54. The molecule has 0 bridgehead atoms. The monoisotopic (exact) mass is 418 g/mol. The number of aromatic nitrogens is 2. The number of ether oxygens (including phenoxy) is 2. The third kappa shape index (κ3) is 3.20. The first-order chi connectivity index (χ1) is 14.3. The molecule has 0 atom stereocenters. The quantitative estimate of drug-likeness (QED) is 0.327. The first kappa shape index (κ1) is 18.0. The highest BCUT2D eigenvalue weighted by Gasteiger charge is 2.15. The van der Waals surface area contributed by atoms with E-state index in [0.717, 1.165) is 33.4 Å². The van der Waals surface area contributed by atoms with Gasteiger partial charge in [0.1, 0.15) is 16.5 Å². The lowest BCUT2D eigenvalue weighted by atomic mass is 10.2. The topological polar surface area (TPSA) is 36.3 Å². The number of thiophene rings is 1.